The quantitative estimate of drug-likeness (QED) is 0.578. The Morgan fingerprint density at radius 1 is 0.967 bits per heavy atom. The van der Waals surface area contributed by atoms with Gasteiger partial charge in [-0.1, -0.05) is 26.0 Å². The number of Topliss-reactive ketones (excluding diaryl/α,β-unsaturated/α-hetero) is 1. The first-order chi connectivity index (χ1) is 14.2. The molecule has 1 atom stereocenters. The van der Waals surface area contributed by atoms with E-state index in [1.54, 1.807) is 32.9 Å². The van der Waals surface area contributed by atoms with Gasteiger partial charge in [-0.05, 0) is 48.9 Å². The van der Waals surface area contributed by atoms with Crippen molar-refractivity contribution in [2.24, 2.45) is 0 Å². The fourth-order valence-electron chi connectivity index (χ4n) is 3.05. The topological polar surface area (TPSA) is 83.6 Å². The maximum atomic E-state index is 12.9. The zero-order valence-corrected chi connectivity index (χ0v) is 18.2. The number of nitrogens with one attached hydrogen (secondary N) is 1. The number of nitrogens with zero attached hydrogens (tertiary/aromatic N) is 1. The van der Waals surface area contributed by atoms with Crippen molar-refractivity contribution in [1.29, 1.82) is 0 Å². The predicted octanol–water partition coefficient (Wildman–Crippen LogP) is 3.70. The maximum Gasteiger partial charge on any atom is 0.243 e. The Morgan fingerprint density at radius 3 is 2.07 bits per heavy atom. The molecule has 0 spiro atoms. The number of sulfonamides is 1. The lowest BCUT2D eigenvalue weighted by Gasteiger charge is -2.19. The molecule has 30 heavy (non-hydrogen) atoms. The highest BCUT2D eigenvalue weighted by molar-refractivity contribution is 7.89. The van der Waals surface area contributed by atoms with Crippen molar-refractivity contribution in [2.75, 3.05) is 13.1 Å². The molecule has 162 valence electrons. The van der Waals surface area contributed by atoms with Crippen molar-refractivity contribution in [3.05, 3.63) is 65.5 Å². The van der Waals surface area contributed by atoms with E-state index in [-0.39, 0.29) is 35.5 Å². The van der Waals surface area contributed by atoms with Crippen LogP contribution in [0.2, 0.25) is 0 Å². The van der Waals surface area contributed by atoms with Crippen molar-refractivity contribution in [3.8, 4) is 0 Å². The standard InChI is InChI=1S/C22H27FN2O4S/c1-4-25(5-2)30(28,29)20-12-8-17(9-13-20)16(3)24-22(27)15-14-21(26)18-6-10-19(23)11-7-18/h6-13,16H,4-5,14-15H2,1-3H3,(H,24,27). The molecule has 0 heterocycles. The van der Waals surface area contributed by atoms with Crippen molar-refractivity contribution >= 4 is 21.7 Å². The van der Waals surface area contributed by atoms with Gasteiger partial charge in [0.05, 0.1) is 10.9 Å². The van der Waals surface area contributed by atoms with Gasteiger partial charge in [0.2, 0.25) is 15.9 Å². The number of ketones is 1. The average Bonchev–Trinajstić information content (AvgIpc) is 2.73. The highest BCUT2D eigenvalue weighted by Gasteiger charge is 2.21. The fourth-order valence-corrected chi connectivity index (χ4v) is 4.50. The Bertz CT molecular complexity index is 969. The van der Waals surface area contributed by atoms with Gasteiger partial charge in [0.1, 0.15) is 5.82 Å². The Morgan fingerprint density at radius 2 is 1.53 bits per heavy atom. The number of amides is 1. The second kappa shape index (κ2) is 10.4. The molecule has 8 heteroatoms. The molecule has 2 rings (SSSR count). The minimum absolute atomic E-state index is 0.00890. The first-order valence-electron chi connectivity index (χ1n) is 9.87. The number of halogens is 1. The van der Waals surface area contributed by atoms with Gasteiger partial charge in [-0.3, -0.25) is 9.59 Å². The summed E-state index contributed by atoms with van der Waals surface area (Å²) in [5.74, 6) is -0.949. The van der Waals surface area contributed by atoms with E-state index in [4.69, 9.17) is 0 Å². The lowest BCUT2D eigenvalue weighted by Crippen LogP contribution is -2.30. The van der Waals surface area contributed by atoms with Gasteiger partial charge in [0.15, 0.2) is 5.78 Å². The number of rotatable bonds is 10. The predicted molar refractivity (Wildman–Crippen MR) is 113 cm³/mol. The number of carbonyl (C=O) groups excluding carboxylic acids is 2. The summed E-state index contributed by atoms with van der Waals surface area (Å²) in [6.07, 6.45) is 0.0280. The number of carbonyl (C=O) groups is 2. The summed E-state index contributed by atoms with van der Waals surface area (Å²) in [7, 11) is -3.53. The monoisotopic (exact) mass is 434 g/mol. The summed E-state index contributed by atoms with van der Waals surface area (Å²) >= 11 is 0. The van der Waals surface area contributed by atoms with Gasteiger partial charge >= 0.3 is 0 Å². The lowest BCUT2D eigenvalue weighted by molar-refractivity contribution is -0.121. The minimum atomic E-state index is -3.53. The molecule has 0 aliphatic rings. The normalized spacial score (nSPS) is 12.6. The molecular formula is C22H27FN2O4S. The molecule has 0 fully saturated rings. The van der Waals surface area contributed by atoms with Crippen LogP contribution in [0.3, 0.4) is 0 Å². The highest BCUT2D eigenvalue weighted by Crippen LogP contribution is 2.19. The maximum absolute atomic E-state index is 12.9. The molecule has 6 nitrogen and oxygen atoms in total. The van der Waals surface area contributed by atoms with Crippen LogP contribution in [0.1, 0.15) is 55.6 Å². The number of hydrogen-bond acceptors (Lipinski definition) is 4. The molecular weight excluding hydrogens is 407 g/mol. The fraction of sp³-hybridized carbons (Fsp3) is 0.364. The SMILES string of the molecule is CCN(CC)S(=O)(=O)c1ccc(C(C)NC(=O)CCC(=O)c2ccc(F)cc2)cc1. The van der Waals surface area contributed by atoms with Crippen molar-refractivity contribution < 1.29 is 22.4 Å². The van der Waals surface area contributed by atoms with Gasteiger partial charge in [0, 0.05) is 31.5 Å². The van der Waals surface area contributed by atoms with Gasteiger partial charge in [-0.2, -0.15) is 4.31 Å². The molecule has 0 saturated heterocycles. The molecule has 0 aliphatic heterocycles. The Hall–Kier alpha value is -2.58. The third kappa shape index (κ3) is 5.96. The molecule has 1 unspecified atom stereocenters. The zero-order valence-electron chi connectivity index (χ0n) is 17.4. The highest BCUT2D eigenvalue weighted by atomic mass is 32.2. The second-order valence-corrected chi connectivity index (χ2v) is 8.82. The van der Waals surface area contributed by atoms with Crippen LogP contribution < -0.4 is 5.32 Å². The Kier molecular flexibility index (Phi) is 8.25. The van der Waals surface area contributed by atoms with Crippen molar-refractivity contribution in [2.45, 2.75) is 44.6 Å². The molecule has 1 N–H and O–H groups in total. The Labute approximate surface area is 177 Å². The van der Waals surface area contributed by atoms with Gasteiger partial charge < -0.3 is 5.32 Å². The van der Waals surface area contributed by atoms with Crippen LogP contribution in [0.25, 0.3) is 0 Å². The van der Waals surface area contributed by atoms with Crippen molar-refractivity contribution in [3.63, 3.8) is 0 Å². The van der Waals surface area contributed by atoms with E-state index in [2.05, 4.69) is 5.32 Å². The van der Waals surface area contributed by atoms with E-state index in [9.17, 15) is 22.4 Å². The summed E-state index contributed by atoms with van der Waals surface area (Å²) in [5.41, 5.74) is 1.12. The van der Waals surface area contributed by atoms with Crippen LogP contribution in [0.15, 0.2) is 53.4 Å². The van der Waals surface area contributed by atoms with E-state index in [1.165, 1.54) is 40.7 Å². The van der Waals surface area contributed by atoms with Crippen LogP contribution in [0.4, 0.5) is 4.39 Å². The molecule has 2 aromatic rings. The first-order valence-corrected chi connectivity index (χ1v) is 11.3. The molecule has 2 aromatic carbocycles. The third-order valence-corrected chi connectivity index (χ3v) is 6.91. The summed E-state index contributed by atoms with van der Waals surface area (Å²) in [6, 6.07) is 11.3. The van der Waals surface area contributed by atoms with Gasteiger partial charge in [-0.25, -0.2) is 12.8 Å². The van der Waals surface area contributed by atoms with Crippen LogP contribution in [-0.2, 0) is 14.8 Å². The smallest absolute Gasteiger partial charge is 0.243 e. The molecule has 0 radical (unpaired) electrons. The second-order valence-electron chi connectivity index (χ2n) is 6.88. The number of hydrogen-bond donors (Lipinski definition) is 1. The van der Waals surface area contributed by atoms with E-state index in [1.807, 2.05) is 0 Å². The minimum Gasteiger partial charge on any atom is -0.350 e. The third-order valence-electron chi connectivity index (χ3n) is 4.85. The largest absolute Gasteiger partial charge is 0.350 e. The summed E-state index contributed by atoms with van der Waals surface area (Å²) < 4.78 is 39.4. The van der Waals surface area contributed by atoms with Gasteiger partial charge in [-0.15, -0.1) is 0 Å². The van der Waals surface area contributed by atoms with E-state index >= 15 is 0 Å². The lowest BCUT2D eigenvalue weighted by atomic mass is 10.1. The first kappa shape index (κ1) is 23.7. The molecule has 1 amide bonds. The number of benzene rings is 2. The van der Waals surface area contributed by atoms with E-state index in [0.717, 1.165) is 5.56 Å². The summed E-state index contributed by atoms with van der Waals surface area (Å²) in [4.78, 5) is 24.5. The molecule has 0 aliphatic carbocycles. The molecule has 0 saturated carbocycles. The Balaban J connectivity index is 1.93. The van der Waals surface area contributed by atoms with Crippen LogP contribution >= 0.6 is 0 Å². The van der Waals surface area contributed by atoms with E-state index in [0.29, 0.717) is 18.7 Å². The van der Waals surface area contributed by atoms with E-state index < -0.39 is 15.8 Å². The average molecular weight is 435 g/mol. The molecule has 0 bridgehead atoms. The zero-order chi connectivity index (χ0) is 22.3. The van der Waals surface area contributed by atoms with Crippen molar-refractivity contribution in [1.82, 2.24) is 9.62 Å². The summed E-state index contributed by atoms with van der Waals surface area (Å²) in [6.45, 7) is 6.14. The molecule has 0 aromatic heterocycles. The van der Waals surface area contributed by atoms with Gasteiger partial charge in [0.25, 0.3) is 0 Å². The van der Waals surface area contributed by atoms with Crippen LogP contribution in [0.5, 0.6) is 0 Å². The summed E-state index contributed by atoms with van der Waals surface area (Å²) in [5, 5.41) is 2.80. The van der Waals surface area contributed by atoms with Crippen LogP contribution in [-0.4, -0.2) is 37.5 Å². The van der Waals surface area contributed by atoms with Crippen LogP contribution in [0, 0.1) is 5.82 Å².